The summed E-state index contributed by atoms with van der Waals surface area (Å²) >= 11 is 0. The Labute approximate surface area is 158 Å². The number of anilines is 1. The number of Topliss-reactive ketones (excluding diaryl/α,β-unsaturated/α-hetero) is 1. The monoisotopic (exact) mass is 368 g/mol. The molecule has 2 aromatic rings. The third-order valence-electron chi connectivity index (χ3n) is 4.48. The number of hydrogen-bond donors (Lipinski definition) is 2. The molecule has 0 unspecified atom stereocenters. The molecule has 1 aliphatic heterocycles. The maximum atomic E-state index is 12.8. The SMILES string of the molecule is CC(=O)c1cccc(NC(=O)c2nc(C(=O)NC(C)C)c3n2CCCC3)c1. The second kappa shape index (κ2) is 7.73. The highest BCUT2D eigenvalue weighted by molar-refractivity contribution is 6.04. The Bertz CT molecular complexity index is 899. The van der Waals surface area contributed by atoms with Crippen LogP contribution < -0.4 is 10.6 Å². The minimum atomic E-state index is -0.387. The van der Waals surface area contributed by atoms with E-state index in [1.165, 1.54) is 6.92 Å². The quantitative estimate of drug-likeness (QED) is 0.794. The van der Waals surface area contributed by atoms with Crippen molar-refractivity contribution in [3.63, 3.8) is 0 Å². The van der Waals surface area contributed by atoms with Crippen LogP contribution in [0.2, 0.25) is 0 Å². The van der Waals surface area contributed by atoms with Gasteiger partial charge in [-0.1, -0.05) is 12.1 Å². The van der Waals surface area contributed by atoms with E-state index in [1.54, 1.807) is 24.3 Å². The molecule has 0 bridgehead atoms. The summed E-state index contributed by atoms with van der Waals surface area (Å²) in [6.07, 6.45) is 2.63. The Morgan fingerprint density at radius 2 is 1.93 bits per heavy atom. The molecule has 0 spiro atoms. The van der Waals surface area contributed by atoms with Gasteiger partial charge in [-0.05, 0) is 52.2 Å². The number of nitrogens with zero attached hydrogens (tertiary/aromatic N) is 2. The Balaban J connectivity index is 1.90. The molecule has 7 heteroatoms. The van der Waals surface area contributed by atoms with Gasteiger partial charge < -0.3 is 15.2 Å². The average molecular weight is 368 g/mol. The molecular weight excluding hydrogens is 344 g/mol. The predicted molar refractivity (Wildman–Crippen MR) is 102 cm³/mol. The van der Waals surface area contributed by atoms with Crippen molar-refractivity contribution < 1.29 is 14.4 Å². The largest absolute Gasteiger partial charge is 0.348 e. The van der Waals surface area contributed by atoms with Crippen LogP contribution in [0.3, 0.4) is 0 Å². The number of benzene rings is 1. The minimum Gasteiger partial charge on any atom is -0.348 e. The first-order chi connectivity index (χ1) is 12.9. The minimum absolute atomic E-state index is 0.00922. The van der Waals surface area contributed by atoms with Crippen LogP contribution in [-0.4, -0.2) is 33.2 Å². The number of carbonyl (C=O) groups is 3. The Morgan fingerprint density at radius 1 is 1.15 bits per heavy atom. The number of amides is 2. The van der Waals surface area contributed by atoms with E-state index in [1.807, 2.05) is 18.4 Å². The van der Waals surface area contributed by atoms with Crippen LogP contribution in [0, 0.1) is 0 Å². The van der Waals surface area contributed by atoms with Crippen molar-refractivity contribution in [2.24, 2.45) is 0 Å². The van der Waals surface area contributed by atoms with Crippen molar-refractivity contribution in [3.8, 4) is 0 Å². The first kappa shape index (κ1) is 18.8. The molecule has 2 N–H and O–H groups in total. The molecule has 0 fully saturated rings. The Morgan fingerprint density at radius 3 is 2.63 bits per heavy atom. The van der Waals surface area contributed by atoms with Gasteiger partial charge in [0.2, 0.25) is 0 Å². The normalized spacial score (nSPS) is 13.2. The van der Waals surface area contributed by atoms with E-state index in [-0.39, 0.29) is 29.5 Å². The molecule has 2 heterocycles. The van der Waals surface area contributed by atoms with E-state index in [2.05, 4.69) is 15.6 Å². The van der Waals surface area contributed by atoms with Crippen molar-refractivity contribution >= 4 is 23.3 Å². The van der Waals surface area contributed by atoms with Crippen LogP contribution in [0.5, 0.6) is 0 Å². The van der Waals surface area contributed by atoms with Crippen LogP contribution in [0.4, 0.5) is 5.69 Å². The van der Waals surface area contributed by atoms with Crippen molar-refractivity contribution in [3.05, 3.63) is 47.0 Å². The topological polar surface area (TPSA) is 93.1 Å². The van der Waals surface area contributed by atoms with Gasteiger partial charge in [0.15, 0.2) is 11.6 Å². The van der Waals surface area contributed by atoms with Gasteiger partial charge in [-0.25, -0.2) is 4.98 Å². The maximum Gasteiger partial charge on any atom is 0.291 e. The molecule has 0 saturated carbocycles. The van der Waals surface area contributed by atoms with Crippen LogP contribution >= 0.6 is 0 Å². The summed E-state index contributed by atoms with van der Waals surface area (Å²) in [6.45, 7) is 5.91. The van der Waals surface area contributed by atoms with Crippen LogP contribution in [0.1, 0.15) is 70.8 Å². The second-order valence-electron chi connectivity index (χ2n) is 7.06. The van der Waals surface area contributed by atoms with Crippen LogP contribution in [0.15, 0.2) is 24.3 Å². The molecule has 27 heavy (non-hydrogen) atoms. The molecule has 7 nitrogen and oxygen atoms in total. The van der Waals surface area contributed by atoms with Crippen molar-refractivity contribution in [2.75, 3.05) is 5.32 Å². The van der Waals surface area contributed by atoms with Gasteiger partial charge in [0, 0.05) is 23.8 Å². The van der Waals surface area contributed by atoms with Gasteiger partial charge in [-0.3, -0.25) is 14.4 Å². The van der Waals surface area contributed by atoms with E-state index >= 15 is 0 Å². The van der Waals surface area contributed by atoms with E-state index < -0.39 is 0 Å². The highest BCUT2D eigenvalue weighted by Gasteiger charge is 2.27. The molecule has 0 aliphatic carbocycles. The zero-order valence-electron chi connectivity index (χ0n) is 15.8. The zero-order chi connectivity index (χ0) is 19.6. The maximum absolute atomic E-state index is 12.8. The van der Waals surface area contributed by atoms with E-state index in [9.17, 15) is 14.4 Å². The van der Waals surface area contributed by atoms with Crippen molar-refractivity contribution in [2.45, 2.75) is 52.6 Å². The smallest absolute Gasteiger partial charge is 0.291 e. The lowest BCUT2D eigenvalue weighted by Crippen LogP contribution is -2.31. The molecule has 3 rings (SSSR count). The third kappa shape index (κ3) is 4.07. The fourth-order valence-corrected chi connectivity index (χ4v) is 3.23. The number of imidazole rings is 1. The summed E-state index contributed by atoms with van der Waals surface area (Å²) < 4.78 is 1.84. The molecule has 0 radical (unpaired) electrons. The molecule has 0 saturated heterocycles. The summed E-state index contributed by atoms with van der Waals surface area (Å²) in [7, 11) is 0. The predicted octanol–water partition coefficient (Wildman–Crippen LogP) is 2.81. The number of carbonyl (C=O) groups excluding carboxylic acids is 3. The first-order valence-electron chi connectivity index (χ1n) is 9.19. The molecule has 1 aromatic heterocycles. The summed E-state index contributed by atoms with van der Waals surface area (Å²) in [5.41, 5.74) is 2.18. The average Bonchev–Trinajstić information content (AvgIpc) is 3.01. The number of rotatable bonds is 5. The highest BCUT2D eigenvalue weighted by Crippen LogP contribution is 2.22. The number of aromatic nitrogens is 2. The lowest BCUT2D eigenvalue weighted by atomic mass is 10.1. The molecular formula is C20H24N4O3. The van der Waals surface area contributed by atoms with E-state index in [0.717, 1.165) is 25.0 Å². The summed E-state index contributed by atoms with van der Waals surface area (Å²) in [6, 6.07) is 6.76. The zero-order valence-corrected chi connectivity index (χ0v) is 15.8. The van der Waals surface area contributed by atoms with Gasteiger partial charge in [-0.2, -0.15) is 0 Å². The van der Waals surface area contributed by atoms with Gasteiger partial charge >= 0.3 is 0 Å². The fraction of sp³-hybridized carbons (Fsp3) is 0.400. The van der Waals surface area contributed by atoms with Crippen LogP contribution in [-0.2, 0) is 13.0 Å². The standard InChI is InChI=1S/C20H24N4O3/c1-12(2)21-19(26)17-16-9-4-5-10-24(16)18(23-17)20(27)22-15-8-6-7-14(11-15)13(3)25/h6-8,11-12H,4-5,9-10H2,1-3H3,(H,21,26)(H,22,27). The van der Waals surface area contributed by atoms with Crippen molar-refractivity contribution in [1.82, 2.24) is 14.9 Å². The highest BCUT2D eigenvalue weighted by atomic mass is 16.2. The summed E-state index contributed by atoms with van der Waals surface area (Å²) in [5, 5.41) is 5.64. The van der Waals surface area contributed by atoms with Gasteiger partial charge in [0.05, 0.1) is 5.69 Å². The summed E-state index contributed by atoms with van der Waals surface area (Å²) in [5.74, 6) is -0.487. The summed E-state index contributed by atoms with van der Waals surface area (Å²) in [4.78, 5) is 41.2. The number of fused-ring (bicyclic) bond motifs is 1. The molecule has 142 valence electrons. The van der Waals surface area contributed by atoms with E-state index in [4.69, 9.17) is 0 Å². The number of hydrogen-bond acceptors (Lipinski definition) is 4. The fourth-order valence-electron chi connectivity index (χ4n) is 3.23. The lowest BCUT2D eigenvalue weighted by Gasteiger charge is -2.17. The Kier molecular flexibility index (Phi) is 5.39. The molecule has 2 amide bonds. The lowest BCUT2D eigenvalue weighted by molar-refractivity contribution is 0.0936. The third-order valence-corrected chi connectivity index (χ3v) is 4.48. The molecule has 1 aliphatic rings. The van der Waals surface area contributed by atoms with Gasteiger partial charge in [-0.15, -0.1) is 0 Å². The van der Waals surface area contributed by atoms with E-state index in [0.29, 0.717) is 23.5 Å². The molecule has 0 atom stereocenters. The first-order valence-corrected chi connectivity index (χ1v) is 9.19. The molecule has 1 aromatic carbocycles. The number of ketones is 1. The van der Waals surface area contributed by atoms with Gasteiger partial charge in [0.1, 0.15) is 5.69 Å². The van der Waals surface area contributed by atoms with Crippen LogP contribution in [0.25, 0.3) is 0 Å². The van der Waals surface area contributed by atoms with Gasteiger partial charge in [0.25, 0.3) is 11.8 Å². The second-order valence-corrected chi connectivity index (χ2v) is 7.06. The number of nitrogens with one attached hydrogen (secondary N) is 2. The Hall–Kier alpha value is -2.96. The van der Waals surface area contributed by atoms with Crippen molar-refractivity contribution in [1.29, 1.82) is 0 Å².